The van der Waals surface area contributed by atoms with E-state index in [0.29, 0.717) is 0 Å². The molecule has 0 aromatic heterocycles. The number of hydrogen-bond acceptors (Lipinski definition) is 2. The van der Waals surface area contributed by atoms with Crippen molar-refractivity contribution in [2.24, 2.45) is 23.7 Å². The molecule has 3 aliphatic rings. The van der Waals surface area contributed by atoms with Gasteiger partial charge in [-0.3, -0.25) is 4.79 Å². The van der Waals surface area contributed by atoms with Crippen molar-refractivity contribution in [3.8, 4) is 0 Å². The van der Waals surface area contributed by atoms with Crippen molar-refractivity contribution < 1.29 is 4.79 Å². The number of hydrogen-bond donors (Lipinski definition) is 2. The number of anilines is 1. The summed E-state index contributed by atoms with van der Waals surface area (Å²) in [4.78, 5) is 12.4. The molecule has 2 bridgehead atoms. The second kappa shape index (κ2) is 5.36. The lowest BCUT2D eigenvalue weighted by Gasteiger charge is -2.27. The lowest BCUT2D eigenvalue weighted by atomic mass is 9.88. The van der Waals surface area contributed by atoms with Crippen LogP contribution in [0.3, 0.4) is 0 Å². The highest BCUT2D eigenvalue weighted by molar-refractivity contribution is 5.80. The standard InChI is InChI=1S/C18H24N2O/c21-18(20-10-15-8-12-5-6-13(15)7-12)16-9-14-3-1-2-4-17(14)19-11-16/h1-4,12-13,15-16,19H,5-11H2,(H,20,21). The number of carbonyl (C=O) groups is 1. The minimum absolute atomic E-state index is 0.0819. The van der Waals surface area contributed by atoms with Crippen molar-refractivity contribution in [2.45, 2.75) is 32.1 Å². The molecule has 1 aromatic carbocycles. The fraction of sp³-hybridized carbons (Fsp3) is 0.611. The van der Waals surface area contributed by atoms with Crippen LogP contribution in [0.15, 0.2) is 24.3 Å². The second-order valence-corrected chi connectivity index (χ2v) is 7.12. The average molecular weight is 284 g/mol. The van der Waals surface area contributed by atoms with Gasteiger partial charge >= 0.3 is 0 Å². The maximum atomic E-state index is 12.4. The summed E-state index contributed by atoms with van der Waals surface area (Å²) in [5.41, 5.74) is 2.46. The van der Waals surface area contributed by atoms with Crippen LogP contribution in [-0.2, 0) is 11.2 Å². The molecule has 1 aromatic rings. The summed E-state index contributed by atoms with van der Waals surface area (Å²) in [5, 5.41) is 6.62. The van der Waals surface area contributed by atoms with Crippen LogP contribution in [-0.4, -0.2) is 19.0 Å². The molecule has 2 aliphatic carbocycles. The van der Waals surface area contributed by atoms with Gasteiger partial charge in [0.15, 0.2) is 0 Å². The van der Waals surface area contributed by atoms with Crippen molar-refractivity contribution >= 4 is 11.6 Å². The number of rotatable bonds is 3. The van der Waals surface area contributed by atoms with Crippen LogP contribution in [0.4, 0.5) is 5.69 Å². The molecule has 0 spiro atoms. The normalized spacial score (nSPS) is 33.3. The summed E-state index contributed by atoms with van der Waals surface area (Å²) in [6, 6.07) is 8.31. The van der Waals surface area contributed by atoms with Gasteiger partial charge in [0, 0.05) is 18.8 Å². The van der Waals surface area contributed by atoms with Gasteiger partial charge in [0.1, 0.15) is 0 Å². The number of carbonyl (C=O) groups excluding carboxylic acids is 1. The van der Waals surface area contributed by atoms with E-state index in [1.165, 1.54) is 36.9 Å². The van der Waals surface area contributed by atoms with Crippen LogP contribution in [0.5, 0.6) is 0 Å². The fourth-order valence-corrected chi connectivity index (χ4v) is 4.63. The maximum Gasteiger partial charge on any atom is 0.225 e. The van der Waals surface area contributed by atoms with Crippen LogP contribution in [0.1, 0.15) is 31.2 Å². The summed E-state index contributed by atoms with van der Waals surface area (Å²) in [6.07, 6.45) is 6.45. The Labute approximate surface area is 126 Å². The Morgan fingerprint density at radius 2 is 2.14 bits per heavy atom. The predicted octanol–water partition coefficient (Wildman–Crippen LogP) is 2.82. The molecule has 2 N–H and O–H groups in total. The lowest BCUT2D eigenvalue weighted by Crippen LogP contribution is -2.40. The van der Waals surface area contributed by atoms with E-state index in [2.05, 4.69) is 28.8 Å². The van der Waals surface area contributed by atoms with Gasteiger partial charge in [-0.05, 0) is 55.1 Å². The first-order valence-electron chi connectivity index (χ1n) is 8.39. The summed E-state index contributed by atoms with van der Waals surface area (Å²) < 4.78 is 0. The van der Waals surface area contributed by atoms with Gasteiger partial charge in [0.2, 0.25) is 5.91 Å². The highest BCUT2D eigenvalue weighted by atomic mass is 16.1. The van der Waals surface area contributed by atoms with Crippen molar-refractivity contribution in [1.82, 2.24) is 5.32 Å². The zero-order valence-electron chi connectivity index (χ0n) is 12.5. The van der Waals surface area contributed by atoms with Crippen LogP contribution < -0.4 is 10.6 Å². The van der Waals surface area contributed by atoms with Crippen molar-refractivity contribution in [1.29, 1.82) is 0 Å². The molecule has 4 atom stereocenters. The molecule has 0 radical (unpaired) electrons. The SMILES string of the molecule is O=C(NCC1CC2CCC1C2)C1CNc2ccccc2C1. The third-order valence-corrected chi connectivity index (χ3v) is 5.82. The Bertz CT molecular complexity index is 542. The lowest BCUT2D eigenvalue weighted by molar-refractivity contribution is -0.124. The fourth-order valence-electron chi connectivity index (χ4n) is 4.63. The van der Waals surface area contributed by atoms with E-state index in [1.807, 2.05) is 6.07 Å². The third-order valence-electron chi connectivity index (χ3n) is 5.82. The zero-order valence-corrected chi connectivity index (χ0v) is 12.5. The summed E-state index contributed by atoms with van der Waals surface area (Å²) in [6.45, 7) is 1.66. The Hall–Kier alpha value is -1.51. The molecule has 4 unspecified atom stereocenters. The van der Waals surface area contributed by atoms with E-state index < -0.39 is 0 Å². The van der Waals surface area contributed by atoms with Gasteiger partial charge in [0.25, 0.3) is 0 Å². The van der Waals surface area contributed by atoms with E-state index in [0.717, 1.165) is 37.3 Å². The molecule has 3 heteroatoms. The summed E-state index contributed by atoms with van der Waals surface area (Å²) >= 11 is 0. The first-order valence-corrected chi connectivity index (χ1v) is 8.39. The highest BCUT2D eigenvalue weighted by Gasteiger charge is 2.39. The predicted molar refractivity (Wildman–Crippen MR) is 84.1 cm³/mol. The largest absolute Gasteiger partial charge is 0.384 e. The number of benzene rings is 1. The molecule has 2 saturated carbocycles. The van der Waals surface area contributed by atoms with Crippen LogP contribution >= 0.6 is 0 Å². The van der Waals surface area contributed by atoms with Gasteiger partial charge in [-0.25, -0.2) is 0 Å². The number of nitrogens with one attached hydrogen (secondary N) is 2. The van der Waals surface area contributed by atoms with Gasteiger partial charge in [-0.2, -0.15) is 0 Å². The van der Waals surface area contributed by atoms with E-state index >= 15 is 0 Å². The van der Waals surface area contributed by atoms with Crippen molar-refractivity contribution in [2.75, 3.05) is 18.4 Å². The van der Waals surface area contributed by atoms with Crippen molar-refractivity contribution in [3.63, 3.8) is 0 Å². The monoisotopic (exact) mass is 284 g/mol. The number of amides is 1. The van der Waals surface area contributed by atoms with Gasteiger partial charge in [-0.1, -0.05) is 24.6 Å². The smallest absolute Gasteiger partial charge is 0.225 e. The minimum Gasteiger partial charge on any atom is -0.384 e. The molecule has 0 saturated heterocycles. The summed E-state index contributed by atoms with van der Waals surface area (Å²) in [5.74, 6) is 2.91. The molecule has 1 heterocycles. The molecule has 112 valence electrons. The average Bonchev–Trinajstić information content (AvgIpc) is 3.15. The Balaban J connectivity index is 1.32. The highest BCUT2D eigenvalue weighted by Crippen LogP contribution is 2.47. The molecule has 1 aliphatic heterocycles. The van der Waals surface area contributed by atoms with E-state index in [4.69, 9.17) is 0 Å². The van der Waals surface area contributed by atoms with Crippen LogP contribution in [0, 0.1) is 23.7 Å². The molecule has 21 heavy (non-hydrogen) atoms. The molecular formula is C18H24N2O. The zero-order chi connectivity index (χ0) is 14.2. The number of fused-ring (bicyclic) bond motifs is 3. The first-order chi connectivity index (χ1) is 10.3. The van der Waals surface area contributed by atoms with Crippen LogP contribution in [0.25, 0.3) is 0 Å². The van der Waals surface area contributed by atoms with Gasteiger partial charge in [-0.15, -0.1) is 0 Å². The maximum absolute atomic E-state index is 12.4. The minimum atomic E-state index is 0.0819. The Morgan fingerprint density at radius 1 is 1.24 bits per heavy atom. The molecule has 2 fully saturated rings. The second-order valence-electron chi connectivity index (χ2n) is 7.12. The molecule has 3 nitrogen and oxygen atoms in total. The van der Waals surface area contributed by atoms with E-state index in [1.54, 1.807) is 0 Å². The molecule has 4 rings (SSSR count). The van der Waals surface area contributed by atoms with Gasteiger partial charge in [0.05, 0.1) is 5.92 Å². The van der Waals surface area contributed by atoms with Gasteiger partial charge < -0.3 is 10.6 Å². The molecule has 1 amide bonds. The van der Waals surface area contributed by atoms with Crippen molar-refractivity contribution in [3.05, 3.63) is 29.8 Å². The Morgan fingerprint density at radius 3 is 2.95 bits per heavy atom. The first kappa shape index (κ1) is 13.2. The van der Waals surface area contributed by atoms with Crippen LogP contribution in [0.2, 0.25) is 0 Å². The van der Waals surface area contributed by atoms with E-state index in [9.17, 15) is 4.79 Å². The third kappa shape index (κ3) is 2.54. The number of para-hydroxylation sites is 1. The molecular weight excluding hydrogens is 260 g/mol. The summed E-state index contributed by atoms with van der Waals surface area (Å²) in [7, 11) is 0. The Kier molecular flexibility index (Phi) is 3.36. The topological polar surface area (TPSA) is 41.1 Å². The quantitative estimate of drug-likeness (QED) is 0.896. The van der Waals surface area contributed by atoms with E-state index in [-0.39, 0.29) is 11.8 Å².